The van der Waals surface area contributed by atoms with Gasteiger partial charge in [-0.1, -0.05) is 47.0 Å². The van der Waals surface area contributed by atoms with Gasteiger partial charge in [-0.2, -0.15) is 17.5 Å². The molecule has 0 aliphatic heterocycles. The number of fused-ring (bicyclic) bond motifs is 1. The molecule has 0 atom stereocenters. The Morgan fingerprint density at radius 2 is 1.74 bits per heavy atom. The molecule has 0 bridgehead atoms. The zero-order valence-electron chi connectivity index (χ0n) is 17.3. The molecule has 0 spiro atoms. The number of aryl methyl sites for hydroxylation is 1. The zero-order valence-corrected chi connectivity index (χ0v) is 20.7. The van der Waals surface area contributed by atoms with Crippen LogP contribution < -0.4 is 4.31 Å². The molecule has 1 heterocycles. The first kappa shape index (κ1) is 25.6. The van der Waals surface area contributed by atoms with Gasteiger partial charge >= 0.3 is 5.97 Å². The molecule has 0 radical (unpaired) electrons. The number of halogens is 2. The van der Waals surface area contributed by atoms with Gasteiger partial charge in [0.1, 0.15) is 12.1 Å². The average Bonchev–Trinajstić information content (AvgIpc) is 2.98. The molecule has 168 valence electrons. The van der Waals surface area contributed by atoms with Gasteiger partial charge in [0.25, 0.3) is 10.0 Å². The molecule has 6 nitrogen and oxygen atoms in total. The second kappa shape index (κ2) is 9.43. The number of hydrogen-bond donors (Lipinski definition) is 0. The van der Waals surface area contributed by atoms with E-state index < -0.39 is 28.1 Å². The van der Waals surface area contributed by atoms with Crippen molar-refractivity contribution in [2.75, 3.05) is 10.8 Å². The molecule has 1 aromatic heterocycles. The van der Waals surface area contributed by atoms with E-state index in [1.165, 1.54) is 18.2 Å². The number of benzene rings is 2. The number of esters is 1. The van der Waals surface area contributed by atoms with Crippen molar-refractivity contribution in [2.45, 2.75) is 31.3 Å². The van der Waals surface area contributed by atoms with E-state index in [0.29, 0.717) is 5.69 Å². The van der Waals surface area contributed by atoms with E-state index in [-0.39, 0.29) is 32.0 Å². The Morgan fingerprint density at radius 1 is 1.13 bits per heavy atom. The van der Waals surface area contributed by atoms with Crippen molar-refractivity contribution in [3.63, 3.8) is 0 Å². The number of hydrogen-bond acceptors (Lipinski definition) is 4. The monoisotopic (exact) mass is 523 g/mol. The predicted molar refractivity (Wildman–Crippen MR) is 119 cm³/mol. The van der Waals surface area contributed by atoms with Gasteiger partial charge in [-0.3, -0.25) is 9.10 Å². The average molecular weight is 524 g/mol. The topological polar surface area (TPSA) is 68.6 Å². The van der Waals surface area contributed by atoms with E-state index >= 15 is 0 Å². The number of anilines is 1. The molecule has 31 heavy (non-hydrogen) atoms. The van der Waals surface area contributed by atoms with Crippen molar-refractivity contribution < 1.29 is 35.0 Å². The quantitative estimate of drug-likeness (QED) is 0.273. The molecule has 0 unspecified atom stereocenters. The third kappa shape index (κ3) is 5.96. The molecule has 0 fully saturated rings. The number of carbonyl (C=O) groups is 1. The number of sulfonamides is 1. The maximum atomic E-state index is 13.5. The largest absolute Gasteiger partial charge is 0.459 e. The summed E-state index contributed by atoms with van der Waals surface area (Å²) in [4.78, 5) is 12.4. The van der Waals surface area contributed by atoms with Crippen LogP contribution in [0.5, 0.6) is 0 Å². The van der Waals surface area contributed by atoms with Crippen molar-refractivity contribution in [1.29, 1.82) is 0 Å². The van der Waals surface area contributed by atoms with Crippen molar-refractivity contribution in [3.8, 4) is 0 Å². The molecule has 2 aromatic carbocycles. The third-order valence-corrected chi connectivity index (χ3v) is 6.37. The van der Waals surface area contributed by atoms with E-state index in [4.69, 9.17) is 27.9 Å². The molecule has 3 aromatic rings. The summed E-state index contributed by atoms with van der Waals surface area (Å²) in [6, 6.07) is 12.1. The Morgan fingerprint density at radius 3 is 2.32 bits per heavy atom. The van der Waals surface area contributed by atoms with Gasteiger partial charge in [0, 0.05) is 32.8 Å². The van der Waals surface area contributed by atoms with E-state index in [2.05, 4.69) is 6.07 Å². The van der Waals surface area contributed by atoms with Gasteiger partial charge in [0.15, 0.2) is 0 Å². The number of ether oxygens (including phenoxy) is 1. The van der Waals surface area contributed by atoms with Crippen LogP contribution in [0.2, 0.25) is 10.0 Å². The molecule has 0 saturated carbocycles. The number of rotatable bonds is 5. The third-order valence-electron chi connectivity index (χ3n) is 4.18. The van der Waals surface area contributed by atoms with E-state index in [9.17, 15) is 13.2 Å². The molecule has 0 saturated heterocycles. The fourth-order valence-electron chi connectivity index (χ4n) is 2.94. The Bertz CT molecular complexity index is 1200. The van der Waals surface area contributed by atoms with Crippen LogP contribution in [0.4, 0.5) is 5.69 Å². The van der Waals surface area contributed by atoms with Crippen LogP contribution >= 0.6 is 23.2 Å². The van der Waals surface area contributed by atoms with Crippen LogP contribution in [0.3, 0.4) is 0 Å². The smallest absolute Gasteiger partial charge is 0.327 e. The Balaban J connectivity index is 0.00000341. The van der Waals surface area contributed by atoms with E-state index in [1.54, 1.807) is 45.2 Å². The number of carbonyl (C=O) groups excluding carboxylic acids is 1. The number of aromatic nitrogens is 1. The van der Waals surface area contributed by atoms with Crippen molar-refractivity contribution in [2.24, 2.45) is 7.05 Å². The van der Waals surface area contributed by atoms with Gasteiger partial charge in [-0.05, 0) is 46.0 Å². The summed E-state index contributed by atoms with van der Waals surface area (Å²) in [5, 5.41) is 1.17. The first-order chi connectivity index (χ1) is 13.9. The summed E-state index contributed by atoms with van der Waals surface area (Å²) in [7, 11) is -2.34. The van der Waals surface area contributed by atoms with Crippen LogP contribution in [-0.4, -0.2) is 31.1 Å². The fourth-order valence-corrected chi connectivity index (χ4v) is 5.06. The fraction of sp³-hybridized carbons (Fsp3) is 0.286. The summed E-state index contributed by atoms with van der Waals surface area (Å²) >= 11 is 12.0. The van der Waals surface area contributed by atoms with Gasteiger partial charge in [-0.15, -0.1) is 0 Å². The summed E-state index contributed by atoms with van der Waals surface area (Å²) in [5.41, 5.74) is 0.309. The van der Waals surface area contributed by atoms with Crippen LogP contribution in [0.25, 0.3) is 10.9 Å². The van der Waals surface area contributed by atoms with Gasteiger partial charge in [-0.25, -0.2) is 8.42 Å². The van der Waals surface area contributed by atoms with Crippen molar-refractivity contribution in [1.82, 2.24) is 4.57 Å². The van der Waals surface area contributed by atoms with Crippen LogP contribution in [0, 0.1) is 6.07 Å². The minimum absolute atomic E-state index is 0. The minimum atomic E-state index is -4.17. The van der Waals surface area contributed by atoms with Gasteiger partial charge in [0.2, 0.25) is 0 Å². The summed E-state index contributed by atoms with van der Waals surface area (Å²) in [5.74, 6) is -0.683. The van der Waals surface area contributed by atoms with Crippen molar-refractivity contribution >= 4 is 55.8 Å². The Kier molecular flexibility index (Phi) is 7.77. The van der Waals surface area contributed by atoms with Crippen LogP contribution in [-0.2, 0) is 43.7 Å². The maximum absolute atomic E-state index is 13.5. The second-order valence-electron chi connectivity index (χ2n) is 7.79. The molecule has 0 aliphatic rings. The summed E-state index contributed by atoms with van der Waals surface area (Å²) < 4.78 is 35.1. The Hall–Kier alpha value is -1.70. The molecule has 0 N–H and O–H groups in total. The van der Waals surface area contributed by atoms with E-state index in [0.717, 1.165) is 15.2 Å². The predicted octanol–water partition coefficient (Wildman–Crippen LogP) is 4.82. The summed E-state index contributed by atoms with van der Waals surface area (Å²) in [6.07, 6.45) is 1.75. The standard InChI is InChI=1S/C21H21Cl2N2O4S.Fe/c1-21(2,3)29-20(26)13-25(17-6-5-14-7-8-24(4)19(14)12-17)30(27,28)18-10-15(22)9-16(23)11-18;/h5-6,8-12H,13H2,1-4H3;/q-1;. The number of nitrogens with zero attached hydrogens (tertiary/aromatic N) is 2. The SMILES string of the molecule is Cn1c[c-]c2ccc(N(CC(=O)OC(C)(C)C)S(=O)(=O)c3cc(Cl)cc(Cl)c3)cc21.[Fe]. The minimum Gasteiger partial charge on any atom is -0.459 e. The van der Waals surface area contributed by atoms with Crippen LogP contribution in [0.15, 0.2) is 47.5 Å². The molecule has 0 amide bonds. The molecular formula is C21H21Cl2FeN2O4S-. The van der Waals surface area contributed by atoms with Gasteiger partial charge < -0.3 is 9.30 Å². The first-order valence-electron chi connectivity index (χ1n) is 9.04. The van der Waals surface area contributed by atoms with Crippen molar-refractivity contribution in [3.05, 3.63) is 58.7 Å². The van der Waals surface area contributed by atoms with E-state index in [1.807, 2.05) is 11.6 Å². The van der Waals surface area contributed by atoms with Gasteiger partial charge in [0.05, 0.1) is 4.90 Å². The maximum Gasteiger partial charge on any atom is 0.327 e. The second-order valence-corrected chi connectivity index (χ2v) is 10.5. The molecule has 10 heteroatoms. The first-order valence-corrected chi connectivity index (χ1v) is 11.2. The Labute approximate surface area is 202 Å². The molecule has 0 aliphatic carbocycles. The normalized spacial score (nSPS) is 11.8. The van der Waals surface area contributed by atoms with Crippen LogP contribution in [0.1, 0.15) is 20.8 Å². The molecular weight excluding hydrogens is 503 g/mol. The summed E-state index contributed by atoms with van der Waals surface area (Å²) in [6.45, 7) is 4.63. The molecule has 3 rings (SSSR count). The zero-order chi connectivity index (χ0) is 22.3.